The van der Waals surface area contributed by atoms with E-state index in [4.69, 9.17) is 0 Å². The number of phenolic OH excluding ortho intramolecular Hbond substituents is 2. The van der Waals surface area contributed by atoms with Crippen LogP contribution in [0.3, 0.4) is 0 Å². The predicted octanol–water partition coefficient (Wildman–Crippen LogP) is 7.26. The fourth-order valence-corrected chi connectivity index (χ4v) is 3.94. The van der Waals surface area contributed by atoms with Gasteiger partial charge in [-0.1, -0.05) is 61.5 Å². The Kier molecular flexibility index (Phi) is 6.05. The SMILES string of the molecule is CC(C)c1cc(O)ccc1-c1c(C(C)C)cc(O)c(C(C)C)c1C(C)C. The number of phenols is 2. The van der Waals surface area contributed by atoms with Gasteiger partial charge >= 0.3 is 0 Å². The molecule has 2 N–H and O–H groups in total. The van der Waals surface area contributed by atoms with Gasteiger partial charge in [0.2, 0.25) is 0 Å². The van der Waals surface area contributed by atoms with E-state index in [1.165, 1.54) is 22.3 Å². The van der Waals surface area contributed by atoms with Crippen LogP contribution in [0.5, 0.6) is 11.5 Å². The van der Waals surface area contributed by atoms with Gasteiger partial charge in [0, 0.05) is 5.56 Å². The molecule has 0 heterocycles. The summed E-state index contributed by atoms with van der Waals surface area (Å²) in [6, 6.07) is 7.66. The molecule has 2 heteroatoms. The van der Waals surface area contributed by atoms with Crippen molar-refractivity contribution in [3.63, 3.8) is 0 Å². The Hall–Kier alpha value is -1.96. The van der Waals surface area contributed by atoms with Gasteiger partial charge in [0.1, 0.15) is 11.5 Å². The van der Waals surface area contributed by atoms with E-state index in [1.54, 1.807) is 6.07 Å². The first-order valence-corrected chi connectivity index (χ1v) is 9.79. The Balaban J connectivity index is 3.02. The fourth-order valence-electron chi connectivity index (χ4n) is 3.94. The molecule has 0 aliphatic carbocycles. The summed E-state index contributed by atoms with van der Waals surface area (Å²) in [5.41, 5.74) is 7.00. The Morgan fingerprint density at radius 3 is 1.62 bits per heavy atom. The van der Waals surface area contributed by atoms with Crippen LogP contribution in [0.25, 0.3) is 11.1 Å². The molecule has 142 valence electrons. The first-order valence-electron chi connectivity index (χ1n) is 9.79. The molecule has 0 aliphatic heterocycles. The van der Waals surface area contributed by atoms with Crippen LogP contribution in [-0.4, -0.2) is 10.2 Å². The standard InChI is InChI=1S/C24H34O2/c1-13(2)19-11-17(25)9-10-18(19)24-20(14(3)4)12-21(26)22(15(5)6)23(24)16(7)8/h9-16,25-26H,1-8H3. The van der Waals surface area contributed by atoms with Gasteiger partial charge in [-0.25, -0.2) is 0 Å². The molecular weight excluding hydrogens is 320 g/mol. The lowest BCUT2D eigenvalue weighted by Gasteiger charge is -2.28. The maximum Gasteiger partial charge on any atom is 0.119 e. The van der Waals surface area contributed by atoms with Crippen molar-refractivity contribution in [3.05, 3.63) is 46.5 Å². The topological polar surface area (TPSA) is 40.5 Å². The van der Waals surface area contributed by atoms with Crippen molar-refractivity contribution in [1.29, 1.82) is 0 Å². The average Bonchev–Trinajstić information content (AvgIpc) is 2.53. The minimum Gasteiger partial charge on any atom is -0.508 e. The van der Waals surface area contributed by atoms with Crippen LogP contribution in [-0.2, 0) is 0 Å². The summed E-state index contributed by atoms with van der Waals surface area (Å²) in [6.07, 6.45) is 0. The largest absolute Gasteiger partial charge is 0.508 e. The first kappa shape index (κ1) is 20.4. The molecule has 0 bridgehead atoms. The highest BCUT2D eigenvalue weighted by molar-refractivity contribution is 5.79. The number of benzene rings is 2. The van der Waals surface area contributed by atoms with Gasteiger partial charge in [0.15, 0.2) is 0 Å². The highest BCUT2D eigenvalue weighted by atomic mass is 16.3. The molecule has 2 aromatic rings. The summed E-state index contributed by atoms with van der Waals surface area (Å²) in [4.78, 5) is 0. The Labute approximate surface area is 158 Å². The molecule has 0 aromatic heterocycles. The van der Waals surface area contributed by atoms with Crippen molar-refractivity contribution < 1.29 is 10.2 Å². The molecule has 0 atom stereocenters. The van der Waals surface area contributed by atoms with Crippen LogP contribution in [0.1, 0.15) is 101 Å². The van der Waals surface area contributed by atoms with Crippen molar-refractivity contribution >= 4 is 0 Å². The fraction of sp³-hybridized carbons (Fsp3) is 0.500. The monoisotopic (exact) mass is 354 g/mol. The third-order valence-electron chi connectivity index (χ3n) is 5.12. The second-order valence-corrected chi connectivity index (χ2v) is 8.58. The van der Waals surface area contributed by atoms with Crippen molar-refractivity contribution in [3.8, 4) is 22.6 Å². The van der Waals surface area contributed by atoms with Crippen LogP contribution in [0.4, 0.5) is 0 Å². The Morgan fingerprint density at radius 2 is 1.15 bits per heavy atom. The van der Waals surface area contributed by atoms with Gasteiger partial charge in [-0.2, -0.15) is 0 Å². The number of aromatic hydroxyl groups is 2. The van der Waals surface area contributed by atoms with Crippen LogP contribution in [0.15, 0.2) is 24.3 Å². The maximum atomic E-state index is 10.8. The van der Waals surface area contributed by atoms with E-state index < -0.39 is 0 Å². The van der Waals surface area contributed by atoms with Crippen molar-refractivity contribution in [1.82, 2.24) is 0 Å². The lowest BCUT2D eigenvalue weighted by atomic mass is 9.77. The Bertz CT molecular complexity index is 783. The number of rotatable bonds is 5. The highest BCUT2D eigenvalue weighted by Gasteiger charge is 2.25. The quantitative estimate of drug-likeness (QED) is 0.593. The van der Waals surface area contributed by atoms with Gasteiger partial charge in [-0.3, -0.25) is 0 Å². The lowest BCUT2D eigenvalue weighted by Crippen LogP contribution is -2.08. The molecule has 0 fully saturated rings. The van der Waals surface area contributed by atoms with Crippen LogP contribution >= 0.6 is 0 Å². The summed E-state index contributed by atoms with van der Waals surface area (Å²) < 4.78 is 0. The van der Waals surface area contributed by atoms with Crippen LogP contribution in [0, 0.1) is 0 Å². The van der Waals surface area contributed by atoms with E-state index >= 15 is 0 Å². The molecule has 0 saturated carbocycles. The van der Waals surface area contributed by atoms with E-state index in [-0.39, 0.29) is 5.92 Å². The minimum atomic E-state index is 0.243. The Morgan fingerprint density at radius 1 is 0.615 bits per heavy atom. The molecule has 0 aliphatic rings. The highest BCUT2D eigenvalue weighted by Crippen LogP contribution is 2.46. The summed E-state index contributed by atoms with van der Waals surface area (Å²) in [6.45, 7) is 17.3. The third-order valence-corrected chi connectivity index (χ3v) is 5.12. The van der Waals surface area contributed by atoms with Crippen LogP contribution in [0.2, 0.25) is 0 Å². The summed E-state index contributed by atoms with van der Waals surface area (Å²) in [5.74, 6) is 1.84. The molecule has 26 heavy (non-hydrogen) atoms. The first-order chi connectivity index (χ1) is 12.1. The summed E-state index contributed by atoms with van der Waals surface area (Å²) >= 11 is 0. The summed E-state index contributed by atoms with van der Waals surface area (Å²) in [7, 11) is 0. The molecule has 2 aromatic carbocycles. The van der Waals surface area contributed by atoms with Gasteiger partial charge in [-0.15, -0.1) is 0 Å². The minimum absolute atomic E-state index is 0.243. The van der Waals surface area contributed by atoms with E-state index in [0.717, 1.165) is 11.1 Å². The van der Waals surface area contributed by atoms with Crippen molar-refractivity contribution in [2.24, 2.45) is 0 Å². The molecular formula is C24H34O2. The second-order valence-electron chi connectivity index (χ2n) is 8.58. The molecule has 0 amide bonds. The summed E-state index contributed by atoms with van der Waals surface area (Å²) in [5, 5.41) is 20.8. The second kappa shape index (κ2) is 7.73. The molecule has 0 saturated heterocycles. The molecule has 0 spiro atoms. The zero-order valence-corrected chi connectivity index (χ0v) is 17.5. The van der Waals surface area contributed by atoms with Gasteiger partial charge in [-0.05, 0) is 69.7 Å². The average molecular weight is 355 g/mol. The molecule has 2 rings (SSSR count). The number of hydrogen-bond acceptors (Lipinski definition) is 2. The third kappa shape index (κ3) is 3.75. The number of hydrogen-bond donors (Lipinski definition) is 2. The smallest absolute Gasteiger partial charge is 0.119 e. The van der Waals surface area contributed by atoms with Gasteiger partial charge in [0.05, 0.1) is 0 Å². The molecule has 0 unspecified atom stereocenters. The van der Waals surface area contributed by atoms with E-state index in [2.05, 4.69) is 55.4 Å². The van der Waals surface area contributed by atoms with Crippen LogP contribution < -0.4 is 0 Å². The molecule has 2 nitrogen and oxygen atoms in total. The van der Waals surface area contributed by atoms with Gasteiger partial charge in [0.25, 0.3) is 0 Å². The van der Waals surface area contributed by atoms with E-state index in [1.807, 2.05) is 18.2 Å². The van der Waals surface area contributed by atoms with Crippen molar-refractivity contribution in [2.75, 3.05) is 0 Å². The molecule has 0 radical (unpaired) electrons. The zero-order chi connectivity index (χ0) is 19.8. The maximum absolute atomic E-state index is 10.8. The predicted molar refractivity (Wildman–Crippen MR) is 112 cm³/mol. The lowest BCUT2D eigenvalue weighted by molar-refractivity contribution is 0.461. The van der Waals surface area contributed by atoms with E-state index in [0.29, 0.717) is 29.3 Å². The van der Waals surface area contributed by atoms with Crippen molar-refractivity contribution in [2.45, 2.75) is 79.1 Å². The zero-order valence-electron chi connectivity index (χ0n) is 17.5. The normalized spacial score (nSPS) is 12.0. The van der Waals surface area contributed by atoms with E-state index in [9.17, 15) is 10.2 Å². The van der Waals surface area contributed by atoms with Gasteiger partial charge < -0.3 is 10.2 Å².